The summed E-state index contributed by atoms with van der Waals surface area (Å²) in [5, 5.41) is 5.24. The Morgan fingerprint density at radius 3 is 2.74 bits per heavy atom. The van der Waals surface area contributed by atoms with Gasteiger partial charge in [-0.05, 0) is 19.1 Å². The lowest BCUT2D eigenvalue weighted by molar-refractivity contribution is 0.0741. The van der Waals surface area contributed by atoms with Gasteiger partial charge in [0.25, 0.3) is 5.91 Å². The van der Waals surface area contributed by atoms with Gasteiger partial charge in [-0.1, -0.05) is 17.4 Å². The van der Waals surface area contributed by atoms with E-state index in [0.29, 0.717) is 18.8 Å². The maximum Gasteiger partial charge on any atom is 0.274 e. The Labute approximate surface area is 137 Å². The molecule has 0 saturated carbocycles. The van der Waals surface area contributed by atoms with Gasteiger partial charge in [0, 0.05) is 32.4 Å². The van der Waals surface area contributed by atoms with Gasteiger partial charge in [-0.3, -0.25) is 4.79 Å². The lowest BCUT2D eigenvalue weighted by atomic mass is 10.2. The molecule has 0 spiro atoms. The predicted octanol–water partition coefficient (Wildman–Crippen LogP) is 1.46. The van der Waals surface area contributed by atoms with Crippen LogP contribution < -0.4 is 4.90 Å². The molecule has 118 valence electrons. The first-order valence-electron chi connectivity index (χ1n) is 7.49. The molecule has 0 unspecified atom stereocenters. The van der Waals surface area contributed by atoms with Gasteiger partial charge < -0.3 is 9.80 Å². The first-order chi connectivity index (χ1) is 11.2. The number of fused-ring (bicyclic) bond motifs is 1. The third-order valence-corrected chi connectivity index (χ3v) is 4.74. The number of amides is 1. The van der Waals surface area contributed by atoms with Crippen LogP contribution in [0.25, 0.3) is 4.96 Å². The Kier molecular flexibility index (Phi) is 3.45. The largest absolute Gasteiger partial charge is 0.353 e. The SMILES string of the molecule is Cc1nn2cc(C(=O)N3CCN(c4ccccn4)CC3)nc2s1. The lowest BCUT2D eigenvalue weighted by Crippen LogP contribution is -2.49. The molecule has 0 aromatic carbocycles. The van der Waals surface area contributed by atoms with Crippen molar-refractivity contribution in [2.75, 3.05) is 31.1 Å². The number of aromatic nitrogens is 4. The fraction of sp³-hybridized carbons (Fsp3) is 0.333. The number of nitrogens with zero attached hydrogens (tertiary/aromatic N) is 6. The molecule has 23 heavy (non-hydrogen) atoms. The summed E-state index contributed by atoms with van der Waals surface area (Å²) in [5.74, 6) is 0.933. The molecule has 3 aromatic rings. The first kappa shape index (κ1) is 14.1. The van der Waals surface area contributed by atoms with Gasteiger partial charge in [0.15, 0.2) is 0 Å². The van der Waals surface area contributed by atoms with Crippen LogP contribution in [0, 0.1) is 6.92 Å². The fourth-order valence-electron chi connectivity index (χ4n) is 2.74. The zero-order valence-corrected chi connectivity index (χ0v) is 13.5. The van der Waals surface area contributed by atoms with E-state index in [-0.39, 0.29) is 5.91 Å². The maximum absolute atomic E-state index is 12.6. The highest BCUT2D eigenvalue weighted by Gasteiger charge is 2.24. The quantitative estimate of drug-likeness (QED) is 0.712. The van der Waals surface area contributed by atoms with Crippen molar-refractivity contribution in [2.24, 2.45) is 0 Å². The normalized spacial score (nSPS) is 15.3. The van der Waals surface area contributed by atoms with Crippen LogP contribution in [-0.4, -0.2) is 56.6 Å². The van der Waals surface area contributed by atoms with Crippen LogP contribution in [0.4, 0.5) is 5.82 Å². The number of piperazine rings is 1. The van der Waals surface area contributed by atoms with Crippen LogP contribution in [0.5, 0.6) is 0 Å². The second-order valence-corrected chi connectivity index (χ2v) is 6.60. The van der Waals surface area contributed by atoms with Crippen molar-refractivity contribution in [2.45, 2.75) is 6.92 Å². The van der Waals surface area contributed by atoms with E-state index in [1.54, 1.807) is 16.9 Å². The van der Waals surface area contributed by atoms with Crippen molar-refractivity contribution in [3.63, 3.8) is 0 Å². The average Bonchev–Trinajstić information content (AvgIpc) is 3.12. The standard InChI is InChI=1S/C15H16N6OS/c1-11-18-21-10-12(17-15(21)23-11)14(22)20-8-6-19(7-9-20)13-4-2-3-5-16-13/h2-5,10H,6-9H2,1H3. The van der Waals surface area contributed by atoms with E-state index in [9.17, 15) is 4.79 Å². The second-order valence-electron chi connectivity index (χ2n) is 5.44. The molecule has 4 rings (SSSR count). The monoisotopic (exact) mass is 328 g/mol. The highest BCUT2D eigenvalue weighted by molar-refractivity contribution is 7.16. The van der Waals surface area contributed by atoms with Crippen molar-refractivity contribution < 1.29 is 4.79 Å². The van der Waals surface area contributed by atoms with Gasteiger partial charge in [0.1, 0.15) is 16.5 Å². The second kappa shape index (κ2) is 5.62. The van der Waals surface area contributed by atoms with Gasteiger partial charge in [-0.25, -0.2) is 14.5 Å². The molecular formula is C15H16N6OS. The number of pyridine rings is 1. The summed E-state index contributed by atoms with van der Waals surface area (Å²) in [5.41, 5.74) is 0.468. The van der Waals surface area contributed by atoms with Crippen LogP contribution in [0.2, 0.25) is 0 Å². The topological polar surface area (TPSA) is 66.6 Å². The molecule has 1 amide bonds. The summed E-state index contributed by atoms with van der Waals surface area (Å²) in [7, 11) is 0. The Balaban J connectivity index is 1.45. The van der Waals surface area contributed by atoms with E-state index in [4.69, 9.17) is 0 Å². The molecule has 0 aliphatic carbocycles. The number of rotatable bonds is 2. The van der Waals surface area contributed by atoms with Crippen LogP contribution in [-0.2, 0) is 0 Å². The number of aryl methyl sites for hydroxylation is 1. The molecule has 0 bridgehead atoms. The van der Waals surface area contributed by atoms with Crippen molar-refractivity contribution in [3.8, 4) is 0 Å². The number of carbonyl (C=O) groups excluding carboxylic acids is 1. The molecule has 8 heteroatoms. The van der Waals surface area contributed by atoms with E-state index >= 15 is 0 Å². The van der Waals surface area contributed by atoms with Crippen molar-refractivity contribution >= 4 is 28.0 Å². The minimum absolute atomic E-state index is 0.0268. The van der Waals surface area contributed by atoms with Crippen LogP contribution in [0.3, 0.4) is 0 Å². The smallest absolute Gasteiger partial charge is 0.274 e. The molecular weight excluding hydrogens is 312 g/mol. The maximum atomic E-state index is 12.6. The van der Waals surface area contributed by atoms with Crippen molar-refractivity contribution in [1.82, 2.24) is 24.5 Å². The summed E-state index contributed by atoms with van der Waals surface area (Å²) in [4.78, 5) is 26.1. The Hall–Kier alpha value is -2.48. The molecule has 1 aliphatic rings. The third-order valence-electron chi connectivity index (χ3n) is 3.90. The number of carbonyl (C=O) groups is 1. The van der Waals surface area contributed by atoms with Crippen molar-refractivity contribution in [1.29, 1.82) is 0 Å². The predicted molar refractivity (Wildman–Crippen MR) is 88.0 cm³/mol. The van der Waals surface area contributed by atoms with Gasteiger partial charge >= 0.3 is 0 Å². The minimum atomic E-state index is -0.0268. The summed E-state index contributed by atoms with van der Waals surface area (Å²) >= 11 is 1.49. The molecule has 0 N–H and O–H groups in total. The van der Waals surface area contributed by atoms with E-state index in [1.807, 2.05) is 30.0 Å². The highest BCUT2D eigenvalue weighted by atomic mass is 32.1. The van der Waals surface area contributed by atoms with Gasteiger partial charge in [-0.15, -0.1) is 0 Å². The van der Waals surface area contributed by atoms with E-state index in [1.165, 1.54) is 11.3 Å². The van der Waals surface area contributed by atoms with Crippen LogP contribution in [0.1, 0.15) is 15.5 Å². The zero-order valence-electron chi connectivity index (χ0n) is 12.7. The highest BCUT2D eigenvalue weighted by Crippen LogP contribution is 2.17. The van der Waals surface area contributed by atoms with Crippen LogP contribution in [0.15, 0.2) is 30.6 Å². The molecule has 3 aromatic heterocycles. The lowest BCUT2D eigenvalue weighted by Gasteiger charge is -2.35. The van der Waals surface area contributed by atoms with E-state index in [0.717, 1.165) is 28.9 Å². The Bertz CT molecular complexity index is 803. The average molecular weight is 328 g/mol. The molecule has 0 atom stereocenters. The molecule has 7 nitrogen and oxygen atoms in total. The zero-order chi connectivity index (χ0) is 15.8. The Morgan fingerprint density at radius 1 is 1.22 bits per heavy atom. The number of hydrogen-bond acceptors (Lipinski definition) is 6. The van der Waals surface area contributed by atoms with E-state index in [2.05, 4.69) is 20.0 Å². The summed E-state index contributed by atoms with van der Waals surface area (Å²) in [6, 6.07) is 5.88. The summed E-state index contributed by atoms with van der Waals surface area (Å²) < 4.78 is 1.68. The first-order valence-corrected chi connectivity index (χ1v) is 8.30. The minimum Gasteiger partial charge on any atom is -0.353 e. The molecule has 1 aliphatic heterocycles. The molecule has 4 heterocycles. The van der Waals surface area contributed by atoms with Gasteiger partial charge in [0.05, 0.1) is 6.20 Å². The number of hydrogen-bond donors (Lipinski definition) is 0. The fourth-order valence-corrected chi connectivity index (χ4v) is 3.47. The molecule has 1 saturated heterocycles. The molecule has 0 radical (unpaired) electrons. The third kappa shape index (κ3) is 2.65. The Morgan fingerprint density at radius 2 is 2.04 bits per heavy atom. The summed E-state index contributed by atoms with van der Waals surface area (Å²) in [6.45, 7) is 4.84. The van der Waals surface area contributed by atoms with Gasteiger partial charge in [-0.2, -0.15) is 5.10 Å². The number of anilines is 1. The van der Waals surface area contributed by atoms with Gasteiger partial charge in [0.2, 0.25) is 4.96 Å². The summed E-state index contributed by atoms with van der Waals surface area (Å²) in [6.07, 6.45) is 3.51. The number of imidazole rings is 1. The molecule has 1 fully saturated rings. The van der Waals surface area contributed by atoms with Crippen molar-refractivity contribution in [3.05, 3.63) is 41.3 Å². The van der Waals surface area contributed by atoms with E-state index < -0.39 is 0 Å². The van der Waals surface area contributed by atoms with Crippen LogP contribution >= 0.6 is 11.3 Å².